The van der Waals surface area contributed by atoms with Crippen molar-refractivity contribution in [1.82, 2.24) is 25.1 Å². The average Bonchev–Trinajstić information content (AvgIpc) is 2.93. The highest BCUT2D eigenvalue weighted by Crippen LogP contribution is 2.29. The number of hydrazine groups is 1. The number of fused-ring (bicyclic) bond motifs is 1. The van der Waals surface area contributed by atoms with Gasteiger partial charge in [-0.15, -0.1) is 0 Å². The van der Waals surface area contributed by atoms with Crippen LogP contribution in [0.4, 0.5) is 18.0 Å². The first kappa shape index (κ1) is 28.0. The smallest absolute Gasteiger partial charge is 0.334 e. The molecule has 2 aliphatic heterocycles. The fraction of sp³-hybridized carbons (Fsp3) is 0.276. The van der Waals surface area contributed by atoms with Gasteiger partial charge >= 0.3 is 6.03 Å². The highest BCUT2D eigenvalue weighted by Gasteiger charge is 2.50. The van der Waals surface area contributed by atoms with Gasteiger partial charge < -0.3 is 20.2 Å². The van der Waals surface area contributed by atoms with Crippen LogP contribution in [-0.4, -0.2) is 75.1 Å². The number of hydrogen-bond donors (Lipinski definition) is 2. The lowest BCUT2D eigenvalue weighted by atomic mass is 9.98. The normalized spacial score (nSPS) is 19.4. The Morgan fingerprint density at radius 3 is 2.29 bits per heavy atom. The molecule has 0 radical (unpaired) electrons. The number of amides is 4. The predicted molar refractivity (Wildman–Crippen MR) is 141 cm³/mol. The number of carbonyl (C=O) groups is 3. The summed E-state index contributed by atoms with van der Waals surface area (Å²) in [5.74, 6) is -2.77. The van der Waals surface area contributed by atoms with Crippen LogP contribution in [0.3, 0.4) is 0 Å². The Bertz CT molecular complexity index is 1450. The number of carbonyl (C=O) groups excluding carboxylic acids is 3. The summed E-state index contributed by atoms with van der Waals surface area (Å²) in [5.41, 5.74) is 1.40. The van der Waals surface area contributed by atoms with Crippen molar-refractivity contribution < 1.29 is 32.7 Å². The van der Waals surface area contributed by atoms with E-state index in [0.29, 0.717) is 11.1 Å². The molecule has 2 atom stereocenters. The molecule has 41 heavy (non-hydrogen) atoms. The van der Waals surface area contributed by atoms with Gasteiger partial charge in [0, 0.05) is 38.2 Å². The highest BCUT2D eigenvalue weighted by atomic mass is 19.1. The summed E-state index contributed by atoms with van der Waals surface area (Å²) in [4.78, 5) is 43.4. The van der Waals surface area contributed by atoms with Gasteiger partial charge in [-0.25, -0.2) is 28.0 Å². The summed E-state index contributed by atoms with van der Waals surface area (Å²) in [5, 5.41) is 15.3. The topological polar surface area (TPSA) is 96.4 Å². The first-order valence-corrected chi connectivity index (χ1v) is 12.9. The quantitative estimate of drug-likeness (QED) is 0.478. The number of aromatic hydroxyl groups is 1. The van der Waals surface area contributed by atoms with E-state index in [-0.39, 0.29) is 49.8 Å². The van der Waals surface area contributed by atoms with Crippen molar-refractivity contribution in [3.8, 4) is 5.75 Å². The molecule has 0 spiro atoms. The molecule has 214 valence electrons. The van der Waals surface area contributed by atoms with Crippen molar-refractivity contribution >= 4 is 17.8 Å². The number of phenols is 1. The third kappa shape index (κ3) is 5.97. The molecule has 4 amide bonds. The van der Waals surface area contributed by atoms with E-state index in [0.717, 1.165) is 12.1 Å². The minimum Gasteiger partial charge on any atom is -0.508 e. The van der Waals surface area contributed by atoms with Crippen molar-refractivity contribution in [2.75, 3.05) is 20.1 Å². The predicted octanol–water partition coefficient (Wildman–Crippen LogP) is 2.99. The van der Waals surface area contributed by atoms with Crippen LogP contribution in [0.5, 0.6) is 5.75 Å². The number of urea groups is 1. The minimum absolute atomic E-state index is 0.0367. The van der Waals surface area contributed by atoms with Crippen LogP contribution in [0.1, 0.15) is 16.7 Å². The van der Waals surface area contributed by atoms with Gasteiger partial charge in [-0.1, -0.05) is 30.3 Å². The van der Waals surface area contributed by atoms with E-state index in [1.165, 1.54) is 62.3 Å². The lowest BCUT2D eigenvalue weighted by Gasteiger charge is -2.54. The zero-order chi connectivity index (χ0) is 29.3. The summed E-state index contributed by atoms with van der Waals surface area (Å²) in [6.07, 6.45) is -0.851. The SMILES string of the molecule is CN1CC(=O)N2[C@@H](Cc3ccc(O)cc3)C(=O)N(Cc3ccc(F)cc3F)C[C@@H]2N1C(=O)NCc1ccc(F)cc1. The Kier molecular flexibility index (Phi) is 7.84. The van der Waals surface area contributed by atoms with Gasteiger partial charge in [0.1, 0.15) is 35.4 Å². The molecule has 3 aromatic carbocycles. The molecule has 0 aliphatic carbocycles. The molecule has 9 nitrogen and oxygen atoms in total. The van der Waals surface area contributed by atoms with Crippen LogP contribution in [0.25, 0.3) is 0 Å². The van der Waals surface area contributed by atoms with E-state index in [1.54, 1.807) is 19.2 Å². The fourth-order valence-corrected chi connectivity index (χ4v) is 5.22. The summed E-state index contributed by atoms with van der Waals surface area (Å²) < 4.78 is 41.4. The molecule has 2 N–H and O–H groups in total. The van der Waals surface area contributed by atoms with Gasteiger partial charge in [-0.3, -0.25) is 9.59 Å². The molecule has 2 heterocycles. The zero-order valence-corrected chi connectivity index (χ0v) is 22.1. The number of halogens is 3. The van der Waals surface area contributed by atoms with Crippen LogP contribution in [-0.2, 0) is 29.1 Å². The largest absolute Gasteiger partial charge is 0.508 e. The van der Waals surface area contributed by atoms with Crippen LogP contribution >= 0.6 is 0 Å². The number of piperazine rings is 1. The third-order valence-electron chi connectivity index (χ3n) is 7.25. The van der Waals surface area contributed by atoms with Gasteiger partial charge in [0.15, 0.2) is 0 Å². The van der Waals surface area contributed by atoms with Crippen LogP contribution in [0.2, 0.25) is 0 Å². The van der Waals surface area contributed by atoms with Crippen LogP contribution in [0.15, 0.2) is 66.7 Å². The number of likely N-dealkylation sites (N-methyl/N-ethyl adjacent to an activating group) is 1. The third-order valence-corrected chi connectivity index (χ3v) is 7.25. The molecular formula is C29H28F3N5O4. The van der Waals surface area contributed by atoms with E-state index >= 15 is 0 Å². The Balaban J connectivity index is 1.46. The Morgan fingerprint density at radius 1 is 0.951 bits per heavy atom. The van der Waals surface area contributed by atoms with Crippen molar-refractivity contribution in [2.45, 2.75) is 31.7 Å². The first-order valence-electron chi connectivity index (χ1n) is 12.9. The molecular weight excluding hydrogens is 539 g/mol. The molecule has 2 saturated heterocycles. The highest BCUT2D eigenvalue weighted by molar-refractivity contribution is 5.91. The summed E-state index contributed by atoms with van der Waals surface area (Å²) in [6, 6.07) is 13.3. The van der Waals surface area contributed by atoms with Crippen molar-refractivity contribution in [2.24, 2.45) is 0 Å². The van der Waals surface area contributed by atoms with Gasteiger partial charge in [0.25, 0.3) is 0 Å². The zero-order valence-electron chi connectivity index (χ0n) is 22.1. The number of rotatable bonds is 6. The van der Waals surface area contributed by atoms with E-state index in [1.807, 2.05) is 0 Å². The second kappa shape index (κ2) is 11.5. The Labute approximate surface area is 234 Å². The van der Waals surface area contributed by atoms with E-state index in [2.05, 4.69) is 5.32 Å². The van der Waals surface area contributed by atoms with Gasteiger partial charge in [0.2, 0.25) is 11.8 Å². The standard InChI is InChI=1S/C29H28F3N5O4/c1-34-17-27(39)36-25(12-18-4-10-23(38)11-5-18)28(40)35(15-20-6-9-22(31)13-24(20)32)16-26(36)37(34)29(41)33-14-19-2-7-21(30)8-3-19/h2-11,13,25-26,38H,12,14-17H2,1H3,(H,33,41)/t25-,26-/m0/s1. The summed E-state index contributed by atoms with van der Waals surface area (Å²) in [6.45, 7) is -0.414. The van der Waals surface area contributed by atoms with Gasteiger partial charge in [-0.05, 0) is 41.5 Å². The maximum Gasteiger partial charge on any atom is 0.334 e. The summed E-state index contributed by atoms with van der Waals surface area (Å²) >= 11 is 0. The van der Waals surface area contributed by atoms with Crippen molar-refractivity contribution in [1.29, 1.82) is 0 Å². The fourth-order valence-electron chi connectivity index (χ4n) is 5.22. The molecule has 0 saturated carbocycles. The molecule has 0 unspecified atom stereocenters. The molecule has 3 aromatic rings. The van der Waals surface area contributed by atoms with E-state index < -0.39 is 41.6 Å². The number of phenolic OH excluding ortho intramolecular Hbond substituents is 1. The Hall–Kier alpha value is -4.58. The number of benzene rings is 3. The molecule has 0 bridgehead atoms. The lowest BCUT2D eigenvalue weighted by Crippen LogP contribution is -2.76. The Morgan fingerprint density at radius 2 is 1.61 bits per heavy atom. The first-order chi connectivity index (χ1) is 19.6. The number of nitrogens with one attached hydrogen (secondary N) is 1. The van der Waals surface area contributed by atoms with E-state index in [9.17, 15) is 32.7 Å². The van der Waals surface area contributed by atoms with Crippen molar-refractivity contribution in [3.05, 3.63) is 101 Å². The van der Waals surface area contributed by atoms with Crippen molar-refractivity contribution in [3.63, 3.8) is 0 Å². The average molecular weight is 568 g/mol. The molecule has 2 fully saturated rings. The second-order valence-corrected chi connectivity index (χ2v) is 10.1. The number of hydrogen-bond acceptors (Lipinski definition) is 5. The van der Waals surface area contributed by atoms with Gasteiger partial charge in [-0.2, -0.15) is 0 Å². The lowest BCUT2D eigenvalue weighted by molar-refractivity contribution is -0.187. The summed E-state index contributed by atoms with van der Waals surface area (Å²) in [7, 11) is 1.57. The van der Waals surface area contributed by atoms with E-state index in [4.69, 9.17) is 0 Å². The molecule has 0 aromatic heterocycles. The maximum atomic E-state index is 14.6. The number of nitrogens with zero attached hydrogens (tertiary/aromatic N) is 4. The second-order valence-electron chi connectivity index (χ2n) is 10.1. The monoisotopic (exact) mass is 567 g/mol. The maximum absolute atomic E-state index is 14.6. The molecule has 5 rings (SSSR count). The van der Waals surface area contributed by atoms with Crippen LogP contribution < -0.4 is 5.32 Å². The van der Waals surface area contributed by atoms with Crippen LogP contribution in [0, 0.1) is 17.5 Å². The molecule has 12 heteroatoms. The van der Waals surface area contributed by atoms with Gasteiger partial charge in [0.05, 0.1) is 13.1 Å². The molecule has 2 aliphatic rings. The minimum atomic E-state index is -1.03.